The minimum Gasteiger partial charge on any atom is -0.497 e. The van der Waals surface area contributed by atoms with Crippen molar-refractivity contribution in [1.29, 1.82) is 0 Å². The van der Waals surface area contributed by atoms with E-state index in [1.807, 2.05) is 0 Å². The van der Waals surface area contributed by atoms with E-state index < -0.39 is 10.0 Å². The van der Waals surface area contributed by atoms with E-state index in [9.17, 15) is 8.42 Å². The summed E-state index contributed by atoms with van der Waals surface area (Å²) in [4.78, 5) is 2.60. The maximum absolute atomic E-state index is 12.5. The lowest BCUT2D eigenvalue weighted by molar-refractivity contribution is 0.394. The molecule has 21 heavy (non-hydrogen) atoms. The topological polar surface area (TPSA) is 58.6 Å². The maximum Gasteiger partial charge on any atom is 0.241 e. The Morgan fingerprint density at radius 3 is 2.43 bits per heavy atom. The molecule has 1 aromatic rings. The first-order valence-electron chi connectivity index (χ1n) is 7.17. The second kappa shape index (κ2) is 6.34. The molecule has 0 aliphatic carbocycles. The molecule has 1 saturated heterocycles. The fraction of sp³-hybridized carbons (Fsp3) is 0.600. The van der Waals surface area contributed by atoms with Crippen LogP contribution < -0.4 is 9.46 Å². The molecule has 1 heterocycles. The highest BCUT2D eigenvalue weighted by Gasteiger charge is 2.24. The van der Waals surface area contributed by atoms with Crippen molar-refractivity contribution in [2.75, 3.05) is 33.8 Å². The quantitative estimate of drug-likeness (QED) is 0.896. The molecule has 1 aliphatic rings. The van der Waals surface area contributed by atoms with Crippen LogP contribution in [0.4, 0.5) is 0 Å². The van der Waals surface area contributed by atoms with Crippen molar-refractivity contribution >= 4 is 10.0 Å². The molecule has 0 spiro atoms. The third-order valence-electron chi connectivity index (χ3n) is 3.99. The van der Waals surface area contributed by atoms with Gasteiger partial charge in [0, 0.05) is 13.1 Å². The number of hydrogen-bond donors (Lipinski definition) is 1. The molecule has 1 atom stereocenters. The summed E-state index contributed by atoms with van der Waals surface area (Å²) in [6, 6.07) is 3.51. The molecule has 1 fully saturated rings. The summed E-state index contributed by atoms with van der Waals surface area (Å²) in [5.41, 5.74) is 1.42. The van der Waals surface area contributed by atoms with Gasteiger partial charge in [-0.15, -0.1) is 0 Å². The Balaban J connectivity index is 2.16. The molecule has 1 unspecified atom stereocenters. The fourth-order valence-corrected chi connectivity index (χ4v) is 4.51. The Kier molecular flexibility index (Phi) is 4.91. The van der Waals surface area contributed by atoms with Gasteiger partial charge in [-0.2, -0.15) is 0 Å². The van der Waals surface area contributed by atoms with Crippen LogP contribution in [0.2, 0.25) is 0 Å². The van der Waals surface area contributed by atoms with Crippen LogP contribution >= 0.6 is 0 Å². The van der Waals surface area contributed by atoms with Crippen LogP contribution in [-0.4, -0.2) is 47.1 Å². The Hall–Kier alpha value is -1.11. The molecule has 1 aromatic carbocycles. The number of methoxy groups -OCH3 is 1. The predicted molar refractivity (Wildman–Crippen MR) is 83.3 cm³/mol. The van der Waals surface area contributed by atoms with Crippen LogP contribution in [0.3, 0.4) is 0 Å². The molecule has 1 N–H and O–H groups in total. The minimum absolute atomic E-state index is 0.370. The molecule has 0 amide bonds. The van der Waals surface area contributed by atoms with Crippen molar-refractivity contribution in [3.8, 4) is 5.75 Å². The van der Waals surface area contributed by atoms with Gasteiger partial charge in [0.15, 0.2) is 0 Å². The average Bonchev–Trinajstić information content (AvgIpc) is 2.81. The van der Waals surface area contributed by atoms with Crippen molar-refractivity contribution in [1.82, 2.24) is 9.62 Å². The van der Waals surface area contributed by atoms with E-state index in [-0.39, 0.29) is 0 Å². The van der Waals surface area contributed by atoms with Crippen LogP contribution in [0.1, 0.15) is 17.5 Å². The van der Waals surface area contributed by atoms with E-state index in [4.69, 9.17) is 4.74 Å². The third-order valence-corrected chi connectivity index (χ3v) is 5.72. The fourth-order valence-electron chi connectivity index (χ4n) is 2.94. The van der Waals surface area contributed by atoms with Crippen LogP contribution in [0.15, 0.2) is 17.0 Å². The number of benzene rings is 1. The Morgan fingerprint density at radius 1 is 1.33 bits per heavy atom. The minimum atomic E-state index is -3.48. The molecule has 5 nitrogen and oxygen atoms in total. The molecule has 1 aliphatic heterocycles. The van der Waals surface area contributed by atoms with Gasteiger partial charge in [-0.1, -0.05) is 0 Å². The number of nitrogens with zero attached hydrogens (tertiary/aromatic N) is 1. The van der Waals surface area contributed by atoms with E-state index in [0.29, 0.717) is 34.2 Å². The number of hydrogen-bond acceptors (Lipinski definition) is 4. The van der Waals surface area contributed by atoms with Crippen molar-refractivity contribution < 1.29 is 13.2 Å². The molecular weight excluding hydrogens is 288 g/mol. The number of aryl methyl sites for hydroxylation is 2. The van der Waals surface area contributed by atoms with Crippen molar-refractivity contribution in [3.63, 3.8) is 0 Å². The predicted octanol–water partition coefficient (Wildman–Crippen LogP) is 1.54. The smallest absolute Gasteiger partial charge is 0.241 e. The number of nitrogens with one attached hydrogen (secondary N) is 1. The van der Waals surface area contributed by atoms with Gasteiger partial charge in [-0.25, -0.2) is 13.1 Å². The third kappa shape index (κ3) is 3.75. The number of sulfonamides is 1. The summed E-state index contributed by atoms with van der Waals surface area (Å²) in [6.45, 7) is 6.08. The lowest BCUT2D eigenvalue weighted by atomic mass is 10.1. The summed E-state index contributed by atoms with van der Waals surface area (Å²) >= 11 is 0. The summed E-state index contributed by atoms with van der Waals surface area (Å²) in [6.07, 6.45) is 1.04. The van der Waals surface area contributed by atoms with Gasteiger partial charge in [-0.05, 0) is 63.0 Å². The van der Waals surface area contributed by atoms with Crippen LogP contribution in [0.25, 0.3) is 0 Å². The highest BCUT2D eigenvalue weighted by Crippen LogP contribution is 2.25. The van der Waals surface area contributed by atoms with E-state index >= 15 is 0 Å². The zero-order valence-electron chi connectivity index (χ0n) is 13.1. The van der Waals surface area contributed by atoms with Crippen LogP contribution in [0.5, 0.6) is 5.75 Å². The normalized spacial score (nSPS) is 19.9. The van der Waals surface area contributed by atoms with Gasteiger partial charge < -0.3 is 9.64 Å². The van der Waals surface area contributed by atoms with Gasteiger partial charge in [0.1, 0.15) is 5.75 Å². The highest BCUT2D eigenvalue weighted by molar-refractivity contribution is 7.89. The first-order valence-corrected chi connectivity index (χ1v) is 8.65. The van der Waals surface area contributed by atoms with E-state index in [1.54, 1.807) is 33.1 Å². The number of likely N-dealkylation sites (tertiary alicyclic amines) is 1. The molecule has 0 aromatic heterocycles. The van der Waals surface area contributed by atoms with Crippen LogP contribution in [-0.2, 0) is 10.0 Å². The van der Waals surface area contributed by atoms with Gasteiger partial charge in [0.05, 0.1) is 12.0 Å². The zero-order chi connectivity index (χ0) is 15.6. The molecule has 0 bridgehead atoms. The lowest BCUT2D eigenvalue weighted by Gasteiger charge is -2.16. The lowest BCUT2D eigenvalue weighted by Crippen LogP contribution is -2.31. The second-order valence-corrected chi connectivity index (χ2v) is 7.56. The van der Waals surface area contributed by atoms with Gasteiger partial charge in [-0.3, -0.25) is 0 Å². The van der Waals surface area contributed by atoms with Crippen molar-refractivity contribution in [3.05, 3.63) is 23.3 Å². The Morgan fingerprint density at radius 2 is 1.95 bits per heavy atom. The van der Waals surface area contributed by atoms with Gasteiger partial charge >= 0.3 is 0 Å². The summed E-state index contributed by atoms with van der Waals surface area (Å²) in [5.74, 6) is 1.07. The van der Waals surface area contributed by atoms with Crippen LogP contribution in [0, 0.1) is 19.8 Å². The Labute approximate surface area is 127 Å². The maximum atomic E-state index is 12.5. The van der Waals surface area contributed by atoms with Gasteiger partial charge in [0.2, 0.25) is 10.0 Å². The molecule has 118 valence electrons. The average molecular weight is 312 g/mol. The summed E-state index contributed by atoms with van der Waals surface area (Å²) in [7, 11) is 0.167. The number of ether oxygens (including phenoxy) is 1. The largest absolute Gasteiger partial charge is 0.497 e. The molecule has 0 radical (unpaired) electrons. The second-order valence-electron chi connectivity index (χ2n) is 5.86. The van der Waals surface area contributed by atoms with E-state index in [1.165, 1.54) is 0 Å². The monoisotopic (exact) mass is 312 g/mol. The highest BCUT2D eigenvalue weighted by atomic mass is 32.2. The zero-order valence-corrected chi connectivity index (χ0v) is 14.0. The molecule has 0 saturated carbocycles. The van der Waals surface area contributed by atoms with Crippen molar-refractivity contribution in [2.45, 2.75) is 25.2 Å². The summed E-state index contributed by atoms with van der Waals surface area (Å²) < 4.78 is 33.0. The summed E-state index contributed by atoms with van der Waals surface area (Å²) in [5, 5.41) is 0. The molecular formula is C15H24N2O3S. The van der Waals surface area contributed by atoms with E-state index in [2.05, 4.69) is 16.7 Å². The molecule has 2 rings (SSSR count). The first kappa shape index (κ1) is 16.3. The SMILES string of the molecule is COc1cc(C)c(S(=O)(=O)NCC2CCN(C)C2)c(C)c1. The first-order chi connectivity index (χ1) is 9.83. The molecule has 6 heteroatoms. The van der Waals surface area contributed by atoms with E-state index in [0.717, 1.165) is 19.5 Å². The van der Waals surface area contributed by atoms with Crippen molar-refractivity contribution in [2.24, 2.45) is 5.92 Å². The standard InChI is InChI=1S/C15H24N2O3S/c1-11-7-14(20-4)8-12(2)15(11)21(18,19)16-9-13-5-6-17(3)10-13/h7-8,13,16H,5-6,9-10H2,1-4H3. The Bertz CT molecular complexity index is 590. The number of rotatable bonds is 5. The van der Waals surface area contributed by atoms with Gasteiger partial charge in [0.25, 0.3) is 0 Å².